The van der Waals surface area contributed by atoms with Crippen LogP contribution in [0.1, 0.15) is 0 Å². The lowest BCUT2D eigenvalue weighted by Crippen LogP contribution is -2.38. The van der Waals surface area contributed by atoms with Gasteiger partial charge in [0.25, 0.3) is 0 Å². The summed E-state index contributed by atoms with van der Waals surface area (Å²) < 4.78 is 0. The van der Waals surface area contributed by atoms with Crippen LogP contribution >= 0.6 is 0 Å². The van der Waals surface area contributed by atoms with Crippen LogP contribution in [0.15, 0.2) is 85.0 Å². The van der Waals surface area contributed by atoms with Gasteiger partial charge in [-0.05, 0) is 36.4 Å². The van der Waals surface area contributed by atoms with Crippen LogP contribution in [0, 0.1) is 0 Å². The lowest BCUT2D eigenvalue weighted by atomic mass is 10.1. The minimum atomic E-state index is -0.799. The summed E-state index contributed by atoms with van der Waals surface area (Å²) in [7, 11) is 0. The van der Waals surface area contributed by atoms with E-state index in [9.17, 15) is 4.79 Å². The van der Waals surface area contributed by atoms with E-state index in [1.165, 1.54) is 6.08 Å². The zero-order chi connectivity index (χ0) is 15.9. The molecule has 1 atom stereocenters. The number of para-hydroxylation sites is 2. The fraction of sp³-hybridized carbons (Fsp3) is 0.0556. The molecule has 0 amide bonds. The topological polar surface area (TPSA) is 48.0 Å². The number of allylic oxidation sites excluding steroid dienone is 2. The van der Waals surface area contributed by atoms with Crippen LogP contribution in [0.2, 0.25) is 0 Å². The summed E-state index contributed by atoms with van der Waals surface area (Å²) in [5.74, 6) is 0.850. The van der Waals surface area contributed by atoms with Crippen LogP contribution in [-0.2, 0) is 9.63 Å². The van der Waals surface area contributed by atoms with Gasteiger partial charge in [-0.3, -0.25) is 4.79 Å². The first-order valence-electron chi connectivity index (χ1n) is 7.13. The Kier molecular flexibility index (Phi) is 4.83. The first-order valence-corrected chi connectivity index (χ1v) is 7.13. The molecule has 0 N–H and O–H groups in total. The number of hydrogen-bond donors (Lipinski definition) is 0. The Bertz CT molecular complexity index is 656. The van der Waals surface area contributed by atoms with Gasteiger partial charge >= 0.3 is 0 Å². The molecular weight excluding hydrogens is 294 g/mol. The maximum Gasteiger partial charge on any atom is 0.190 e. The smallest absolute Gasteiger partial charge is 0.190 e. The van der Waals surface area contributed by atoms with Gasteiger partial charge in [0.1, 0.15) is 0 Å². The zero-order valence-electron chi connectivity index (χ0n) is 12.2. The SMILES string of the molecule is O=C1C=CC=CC1ON(Oc1ccccc1)Oc1ccccc1. The molecule has 1 aliphatic carbocycles. The number of ketones is 1. The molecule has 0 heterocycles. The molecule has 1 unspecified atom stereocenters. The normalized spacial score (nSPS) is 16.6. The van der Waals surface area contributed by atoms with E-state index in [1.54, 1.807) is 42.5 Å². The second-order valence-electron chi connectivity index (χ2n) is 4.70. The Morgan fingerprint density at radius 3 is 1.87 bits per heavy atom. The van der Waals surface area contributed by atoms with Crippen LogP contribution < -0.4 is 9.68 Å². The van der Waals surface area contributed by atoms with Crippen molar-refractivity contribution in [1.29, 1.82) is 0 Å². The molecule has 0 radical (unpaired) electrons. The van der Waals surface area contributed by atoms with E-state index in [0.717, 1.165) is 5.39 Å². The molecule has 2 aromatic rings. The Morgan fingerprint density at radius 2 is 1.35 bits per heavy atom. The third kappa shape index (κ3) is 4.29. The lowest BCUT2D eigenvalue weighted by molar-refractivity contribution is -0.457. The lowest BCUT2D eigenvalue weighted by Gasteiger charge is -2.23. The summed E-state index contributed by atoms with van der Waals surface area (Å²) in [5, 5.41) is 0.844. The van der Waals surface area contributed by atoms with Gasteiger partial charge in [-0.2, -0.15) is 0 Å². The summed E-state index contributed by atoms with van der Waals surface area (Å²) in [4.78, 5) is 28.4. The molecule has 116 valence electrons. The fourth-order valence-corrected chi connectivity index (χ4v) is 1.88. The first-order chi connectivity index (χ1) is 11.3. The van der Waals surface area contributed by atoms with Crippen molar-refractivity contribution in [3.05, 3.63) is 85.0 Å². The van der Waals surface area contributed by atoms with Crippen LogP contribution in [-0.4, -0.2) is 17.3 Å². The second-order valence-corrected chi connectivity index (χ2v) is 4.70. The molecule has 3 rings (SSSR count). The molecule has 0 saturated heterocycles. The van der Waals surface area contributed by atoms with E-state index in [1.807, 2.05) is 36.4 Å². The second kappa shape index (κ2) is 7.40. The molecular formula is C18H15NO4. The van der Waals surface area contributed by atoms with E-state index in [4.69, 9.17) is 14.5 Å². The van der Waals surface area contributed by atoms with E-state index < -0.39 is 6.10 Å². The van der Waals surface area contributed by atoms with Crippen molar-refractivity contribution in [3.63, 3.8) is 0 Å². The average Bonchev–Trinajstić information content (AvgIpc) is 2.59. The molecule has 0 saturated carbocycles. The van der Waals surface area contributed by atoms with Gasteiger partial charge in [0.05, 0.1) is 0 Å². The van der Waals surface area contributed by atoms with Crippen molar-refractivity contribution in [2.75, 3.05) is 0 Å². The Hall–Kier alpha value is -2.89. The van der Waals surface area contributed by atoms with Crippen molar-refractivity contribution in [3.8, 4) is 11.5 Å². The van der Waals surface area contributed by atoms with Crippen LogP contribution in [0.25, 0.3) is 0 Å². The highest BCUT2D eigenvalue weighted by Gasteiger charge is 2.23. The highest BCUT2D eigenvalue weighted by atomic mass is 17.2. The monoisotopic (exact) mass is 309 g/mol. The van der Waals surface area contributed by atoms with Gasteiger partial charge < -0.3 is 9.68 Å². The molecule has 2 aromatic carbocycles. The predicted molar refractivity (Wildman–Crippen MR) is 84.1 cm³/mol. The maximum atomic E-state index is 11.8. The summed E-state index contributed by atoms with van der Waals surface area (Å²) in [6.45, 7) is 0. The van der Waals surface area contributed by atoms with E-state index in [2.05, 4.69) is 0 Å². The Morgan fingerprint density at radius 1 is 0.783 bits per heavy atom. The van der Waals surface area contributed by atoms with Crippen molar-refractivity contribution in [1.82, 2.24) is 5.39 Å². The van der Waals surface area contributed by atoms with Crippen molar-refractivity contribution in [2.45, 2.75) is 6.10 Å². The van der Waals surface area contributed by atoms with Gasteiger partial charge in [-0.15, -0.1) is 0 Å². The van der Waals surface area contributed by atoms with E-state index >= 15 is 0 Å². The number of benzene rings is 2. The highest BCUT2D eigenvalue weighted by molar-refractivity contribution is 5.96. The molecule has 0 bridgehead atoms. The highest BCUT2D eigenvalue weighted by Crippen LogP contribution is 2.17. The van der Waals surface area contributed by atoms with Crippen molar-refractivity contribution in [2.24, 2.45) is 0 Å². The van der Waals surface area contributed by atoms with Crippen molar-refractivity contribution >= 4 is 5.78 Å². The van der Waals surface area contributed by atoms with E-state index in [0.29, 0.717) is 11.5 Å². The maximum absolute atomic E-state index is 11.8. The van der Waals surface area contributed by atoms with Gasteiger partial charge in [-0.25, -0.2) is 4.84 Å². The van der Waals surface area contributed by atoms with Gasteiger partial charge in [-0.1, -0.05) is 48.6 Å². The predicted octanol–water partition coefficient (Wildman–Crippen LogP) is 3.27. The molecule has 0 fully saturated rings. The number of carbonyl (C=O) groups excluding carboxylic acids is 1. The minimum absolute atomic E-state index is 0.189. The molecule has 5 nitrogen and oxygen atoms in total. The average molecular weight is 309 g/mol. The number of rotatable bonds is 6. The van der Waals surface area contributed by atoms with Gasteiger partial charge in [0.2, 0.25) is 0 Å². The Balaban J connectivity index is 1.74. The number of carbonyl (C=O) groups is 1. The number of nitrogens with zero attached hydrogens (tertiary/aromatic N) is 1. The third-order valence-electron chi connectivity index (χ3n) is 2.98. The minimum Gasteiger partial charge on any atom is -0.348 e. The summed E-state index contributed by atoms with van der Waals surface area (Å²) in [6.07, 6.45) is 5.65. The first kappa shape index (κ1) is 15.0. The van der Waals surface area contributed by atoms with Crippen LogP contribution in [0.3, 0.4) is 0 Å². The third-order valence-corrected chi connectivity index (χ3v) is 2.98. The van der Waals surface area contributed by atoms with Crippen molar-refractivity contribution < 1.29 is 19.3 Å². The summed E-state index contributed by atoms with van der Waals surface area (Å²) in [6, 6.07) is 18.0. The molecule has 23 heavy (non-hydrogen) atoms. The Labute approximate surface area is 133 Å². The van der Waals surface area contributed by atoms with Crippen LogP contribution in [0.5, 0.6) is 11.5 Å². The molecule has 5 heteroatoms. The largest absolute Gasteiger partial charge is 0.348 e. The number of hydrogen-bond acceptors (Lipinski definition) is 5. The quantitative estimate of drug-likeness (QED) is 0.766. The van der Waals surface area contributed by atoms with Gasteiger partial charge in [0.15, 0.2) is 28.8 Å². The zero-order valence-corrected chi connectivity index (χ0v) is 12.2. The molecule has 0 aliphatic heterocycles. The van der Waals surface area contributed by atoms with E-state index in [-0.39, 0.29) is 5.78 Å². The molecule has 0 spiro atoms. The fourth-order valence-electron chi connectivity index (χ4n) is 1.88. The standard InChI is InChI=1S/C18H15NO4/c20-17-13-7-8-14-18(17)23-19(21-15-9-3-1-4-10-15)22-16-11-5-2-6-12-16/h1-14,18H. The van der Waals surface area contributed by atoms with Gasteiger partial charge in [0, 0.05) is 0 Å². The molecule has 0 aromatic heterocycles. The van der Waals surface area contributed by atoms with Crippen LogP contribution in [0.4, 0.5) is 0 Å². The summed E-state index contributed by atoms with van der Waals surface area (Å²) >= 11 is 0. The molecule has 1 aliphatic rings. The summed E-state index contributed by atoms with van der Waals surface area (Å²) in [5.41, 5.74) is 0.